The highest BCUT2D eigenvalue weighted by Gasteiger charge is 2.33. The van der Waals surface area contributed by atoms with Crippen molar-refractivity contribution in [3.63, 3.8) is 0 Å². The number of ether oxygens (including phenoxy) is 1. The summed E-state index contributed by atoms with van der Waals surface area (Å²) in [5.41, 5.74) is 1.57. The smallest absolute Gasteiger partial charge is 0.257 e. The Morgan fingerprint density at radius 2 is 2.07 bits per heavy atom. The molecule has 3 aromatic rings. The van der Waals surface area contributed by atoms with E-state index in [1.165, 1.54) is 23.4 Å². The number of fused-ring (bicyclic) bond motifs is 1. The van der Waals surface area contributed by atoms with E-state index >= 15 is 0 Å². The van der Waals surface area contributed by atoms with Crippen LogP contribution in [-0.2, 0) is 4.74 Å². The van der Waals surface area contributed by atoms with Gasteiger partial charge in [0.25, 0.3) is 11.7 Å². The van der Waals surface area contributed by atoms with Gasteiger partial charge in [-0.3, -0.25) is 4.79 Å². The molecule has 29 heavy (non-hydrogen) atoms. The number of carbonyl (C=O) groups is 1. The second kappa shape index (κ2) is 6.84. The molecule has 1 aliphatic carbocycles. The summed E-state index contributed by atoms with van der Waals surface area (Å²) < 4.78 is 36.4. The van der Waals surface area contributed by atoms with Gasteiger partial charge in [-0.25, -0.2) is 13.8 Å². The van der Waals surface area contributed by atoms with Gasteiger partial charge in [0.05, 0.1) is 24.4 Å². The number of rotatable bonds is 3. The number of hydrogen-bond acceptors (Lipinski definition) is 5. The molecular weight excluding hydrogens is 380 g/mol. The lowest BCUT2D eigenvalue weighted by molar-refractivity contribution is -0.0258. The van der Waals surface area contributed by atoms with Gasteiger partial charge in [-0.1, -0.05) is 6.07 Å². The first-order valence-corrected chi connectivity index (χ1v) is 9.59. The number of nitrogens with zero attached hydrogens (tertiary/aromatic N) is 5. The lowest BCUT2D eigenvalue weighted by Gasteiger charge is -2.33. The standard InChI is InChI=1S/C20H19F2N5O2/c1-11-8-15(27-20(25-11)23-10-24-27)16-9-26(6-7-29-16)19(28)14-5-4-13(12-2-3-12)17(21)18(14)22/h4-5,8,10,12,16H,2-3,6-7,9H2,1H3. The third kappa shape index (κ3) is 3.15. The average Bonchev–Trinajstić information content (AvgIpc) is 3.46. The number of carbonyl (C=O) groups excluding carboxylic acids is 1. The molecule has 1 aromatic carbocycles. The Morgan fingerprint density at radius 3 is 2.86 bits per heavy atom. The summed E-state index contributed by atoms with van der Waals surface area (Å²) in [6.45, 7) is 2.61. The molecule has 2 fully saturated rings. The van der Waals surface area contributed by atoms with Crippen LogP contribution in [0.2, 0.25) is 0 Å². The Hall–Kier alpha value is -2.94. The van der Waals surface area contributed by atoms with E-state index in [4.69, 9.17) is 4.74 Å². The minimum Gasteiger partial charge on any atom is -0.368 e. The Bertz CT molecular complexity index is 1110. The van der Waals surface area contributed by atoms with Crippen LogP contribution in [0.5, 0.6) is 0 Å². The van der Waals surface area contributed by atoms with Crippen LogP contribution in [0.4, 0.5) is 8.78 Å². The second-order valence-corrected chi connectivity index (χ2v) is 7.51. The number of hydrogen-bond donors (Lipinski definition) is 0. The van der Waals surface area contributed by atoms with Crippen LogP contribution in [0, 0.1) is 18.6 Å². The van der Waals surface area contributed by atoms with Gasteiger partial charge in [0.15, 0.2) is 11.6 Å². The Morgan fingerprint density at radius 1 is 1.24 bits per heavy atom. The molecule has 0 N–H and O–H groups in total. The van der Waals surface area contributed by atoms with Gasteiger partial charge in [-0.15, -0.1) is 0 Å². The summed E-state index contributed by atoms with van der Waals surface area (Å²) in [5, 5.41) is 4.17. The first kappa shape index (κ1) is 18.1. The van der Waals surface area contributed by atoms with Crippen molar-refractivity contribution in [2.45, 2.75) is 31.8 Å². The van der Waals surface area contributed by atoms with Crippen LogP contribution in [-0.4, -0.2) is 50.1 Å². The molecule has 3 heterocycles. The molecule has 0 bridgehead atoms. The van der Waals surface area contributed by atoms with Crippen LogP contribution in [0.25, 0.3) is 5.78 Å². The summed E-state index contributed by atoms with van der Waals surface area (Å²) >= 11 is 0. The molecule has 0 spiro atoms. The van der Waals surface area contributed by atoms with Crippen molar-refractivity contribution in [1.82, 2.24) is 24.5 Å². The van der Waals surface area contributed by atoms with E-state index in [9.17, 15) is 13.6 Å². The maximum absolute atomic E-state index is 14.6. The Labute approximate surface area is 165 Å². The van der Waals surface area contributed by atoms with Crippen LogP contribution in [0.15, 0.2) is 24.5 Å². The minimum absolute atomic E-state index is 0.0708. The van der Waals surface area contributed by atoms with E-state index < -0.39 is 23.6 Å². The molecule has 5 rings (SSSR count). The molecule has 1 amide bonds. The summed E-state index contributed by atoms with van der Waals surface area (Å²) in [7, 11) is 0. The van der Waals surface area contributed by atoms with Gasteiger partial charge < -0.3 is 9.64 Å². The zero-order valence-corrected chi connectivity index (χ0v) is 15.8. The fourth-order valence-corrected chi connectivity index (χ4v) is 3.81. The van der Waals surface area contributed by atoms with Crippen molar-refractivity contribution >= 4 is 11.7 Å². The summed E-state index contributed by atoms with van der Waals surface area (Å²) in [4.78, 5) is 22.8. The molecule has 2 aliphatic rings. The molecule has 1 unspecified atom stereocenters. The van der Waals surface area contributed by atoms with E-state index in [0.29, 0.717) is 23.6 Å². The van der Waals surface area contributed by atoms with Gasteiger partial charge in [0.2, 0.25) is 0 Å². The highest BCUT2D eigenvalue weighted by molar-refractivity contribution is 5.94. The summed E-state index contributed by atoms with van der Waals surface area (Å²) in [6, 6.07) is 4.75. The van der Waals surface area contributed by atoms with E-state index in [0.717, 1.165) is 18.5 Å². The molecule has 150 valence electrons. The maximum Gasteiger partial charge on any atom is 0.257 e. The van der Waals surface area contributed by atoms with Gasteiger partial charge in [-0.05, 0) is 43.4 Å². The zero-order valence-electron chi connectivity index (χ0n) is 15.8. The lowest BCUT2D eigenvalue weighted by Crippen LogP contribution is -2.43. The molecule has 2 aromatic heterocycles. The highest BCUT2D eigenvalue weighted by atomic mass is 19.2. The van der Waals surface area contributed by atoms with Crippen molar-refractivity contribution in [2.75, 3.05) is 19.7 Å². The Balaban J connectivity index is 1.43. The van der Waals surface area contributed by atoms with Crippen molar-refractivity contribution in [3.05, 3.63) is 58.7 Å². The van der Waals surface area contributed by atoms with Crippen molar-refractivity contribution in [1.29, 1.82) is 0 Å². The molecule has 1 aliphatic heterocycles. The molecule has 1 saturated heterocycles. The van der Waals surface area contributed by atoms with Crippen molar-refractivity contribution < 1.29 is 18.3 Å². The van der Waals surface area contributed by atoms with Crippen LogP contribution in [0.1, 0.15) is 52.2 Å². The van der Waals surface area contributed by atoms with Crippen LogP contribution < -0.4 is 0 Å². The second-order valence-electron chi connectivity index (χ2n) is 7.51. The molecule has 9 heteroatoms. The first-order chi connectivity index (χ1) is 14.0. The quantitative estimate of drug-likeness (QED) is 0.677. The third-order valence-electron chi connectivity index (χ3n) is 5.45. The third-order valence-corrected chi connectivity index (χ3v) is 5.45. The monoisotopic (exact) mass is 399 g/mol. The fraction of sp³-hybridized carbons (Fsp3) is 0.400. The minimum atomic E-state index is -1.07. The van der Waals surface area contributed by atoms with Crippen molar-refractivity contribution in [2.24, 2.45) is 0 Å². The van der Waals surface area contributed by atoms with Gasteiger partial charge >= 0.3 is 0 Å². The number of aryl methyl sites for hydroxylation is 1. The predicted octanol–water partition coefficient (Wildman–Crippen LogP) is 2.80. The summed E-state index contributed by atoms with van der Waals surface area (Å²) in [6.07, 6.45) is 2.64. The molecule has 1 atom stereocenters. The predicted molar refractivity (Wildman–Crippen MR) is 98.4 cm³/mol. The van der Waals surface area contributed by atoms with Gasteiger partial charge in [0.1, 0.15) is 12.4 Å². The normalized spacial score (nSPS) is 19.7. The molecular formula is C20H19F2N5O2. The van der Waals surface area contributed by atoms with E-state index in [2.05, 4.69) is 15.1 Å². The lowest BCUT2D eigenvalue weighted by atomic mass is 10.0. The molecule has 0 radical (unpaired) electrons. The topological polar surface area (TPSA) is 72.6 Å². The van der Waals surface area contributed by atoms with Crippen LogP contribution >= 0.6 is 0 Å². The van der Waals surface area contributed by atoms with E-state index in [-0.39, 0.29) is 24.6 Å². The zero-order chi connectivity index (χ0) is 20.1. The molecule has 1 saturated carbocycles. The number of halogens is 2. The first-order valence-electron chi connectivity index (χ1n) is 9.59. The fourth-order valence-electron chi connectivity index (χ4n) is 3.81. The average molecular weight is 399 g/mol. The van der Waals surface area contributed by atoms with Crippen molar-refractivity contribution in [3.8, 4) is 0 Å². The number of morpholine rings is 1. The summed E-state index contributed by atoms with van der Waals surface area (Å²) in [5.74, 6) is -2.01. The number of benzene rings is 1. The highest BCUT2D eigenvalue weighted by Crippen LogP contribution is 2.42. The van der Waals surface area contributed by atoms with Gasteiger partial charge in [0, 0.05) is 12.2 Å². The van der Waals surface area contributed by atoms with E-state index in [1.54, 1.807) is 4.52 Å². The number of amides is 1. The van der Waals surface area contributed by atoms with Crippen LogP contribution in [0.3, 0.4) is 0 Å². The largest absolute Gasteiger partial charge is 0.368 e. The number of aromatic nitrogens is 4. The maximum atomic E-state index is 14.6. The SMILES string of the molecule is Cc1cc(C2CN(C(=O)c3ccc(C4CC4)c(F)c3F)CCO2)n2ncnc2n1. The van der Waals surface area contributed by atoms with E-state index in [1.807, 2.05) is 13.0 Å². The van der Waals surface area contributed by atoms with Gasteiger partial charge in [-0.2, -0.15) is 14.6 Å². The Kier molecular flexibility index (Phi) is 4.27. The molecule has 7 nitrogen and oxygen atoms in total.